The lowest BCUT2D eigenvalue weighted by Gasteiger charge is -2.50. The third-order valence-electron chi connectivity index (χ3n) is 6.81. The molecule has 0 saturated carbocycles. The van der Waals surface area contributed by atoms with E-state index in [2.05, 4.69) is 60.7 Å². The zero-order chi connectivity index (χ0) is 18.9. The van der Waals surface area contributed by atoms with Crippen LogP contribution in [0, 0.1) is 0 Å². The molecular weight excluding hydrogens is 602 g/mol. The second kappa shape index (κ2) is 10.6. The summed E-state index contributed by atoms with van der Waals surface area (Å²) in [4.78, 5) is 0. The fourth-order valence-electron chi connectivity index (χ4n) is 5.03. The highest BCUT2D eigenvalue weighted by Crippen LogP contribution is 2.30. The average molecular weight is 634 g/mol. The minimum absolute atomic E-state index is 0. The lowest BCUT2D eigenvalue weighted by atomic mass is 10.1. The highest BCUT2D eigenvalue weighted by Gasteiger charge is 2.47. The molecule has 3 heterocycles. The number of rotatable bonds is 8. The Morgan fingerprint density at radius 1 is 0.600 bits per heavy atom. The van der Waals surface area contributed by atoms with Gasteiger partial charge in [-0.3, -0.25) is 0 Å². The molecule has 4 nitrogen and oxygen atoms in total. The number of halogens is 2. The van der Waals surface area contributed by atoms with Gasteiger partial charge in [-0.2, -0.15) is 0 Å². The van der Waals surface area contributed by atoms with Crippen LogP contribution in [-0.4, -0.2) is 73.7 Å². The van der Waals surface area contributed by atoms with E-state index in [1.165, 1.54) is 59.4 Å². The van der Waals surface area contributed by atoms with Gasteiger partial charge in [0.25, 0.3) is 0 Å². The number of quaternary nitrogens is 2. The molecule has 0 bridgehead atoms. The summed E-state index contributed by atoms with van der Waals surface area (Å²) in [5.74, 6) is 0. The molecule has 0 N–H and O–H groups in total. The largest absolute Gasteiger partial charge is 1.00 e. The van der Waals surface area contributed by atoms with Crippen molar-refractivity contribution in [2.75, 3.05) is 52.5 Å². The van der Waals surface area contributed by atoms with Crippen LogP contribution in [0.15, 0.2) is 60.7 Å². The molecule has 2 atom stereocenters. The number of hydrogen-bond acceptors (Lipinski definition) is 2. The molecule has 3 aliphatic heterocycles. The average Bonchev–Trinajstić information content (AvgIpc) is 3.64. The van der Waals surface area contributed by atoms with Gasteiger partial charge in [-0.15, -0.1) is 0 Å². The van der Waals surface area contributed by atoms with Crippen molar-refractivity contribution in [3.8, 4) is 0 Å². The predicted octanol–water partition coefficient (Wildman–Crippen LogP) is -3.16. The van der Waals surface area contributed by atoms with E-state index in [9.17, 15) is 0 Å². The Balaban J connectivity index is 0.00000128. The summed E-state index contributed by atoms with van der Waals surface area (Å²) in [6, 6.07) is 22.1. The van der Waals surface area contributed by atoms with E-state index in [1.807, 2.05) is 0 Å². The number of hydrogen-bond donors (Lipinski definition) is 0. The van der Waals surface area contributed by atoms with Crippen LogP contribution in [0.3, 0.4) is 0 Å². The lowest BCUT2D eigenvalue weighted by Crippen LogP contribution is -3.00. The van der Waals surface area contributed by atoms with Gasteiger partial charge in [-0.25, -0.2) is 0 Å². The molecule has 3 saturated heterocycles. The van der Waals surface area contributed by atoms with Gasteiger partial charge in [0, 0.05) is 11.1 Å². The van der Waals surface area contributed by atoms with Crippen LogP contribution in [0.25, 0.3) is 0 Å². The molecule has 5 rings (SSSR count). The summed E-state index contributed by atoms with van der Waals surface area (Å²) in [6.07, 6.45) is 0.953. The van der Waals surface area contributed by atoms with Crippen molar-refractivity contribution in [3.05, 3.63) is 71.8 Å². The first kappa shape index (κ1) is 24.4. The summed E-state index contributed by atoms with van der Waals surface area (Å²) in [5, 5.41) is 0. The van der Waals surface area contributed by atoms with Crippen molar-refractivity contribution in [1.82, 2.24) is 0 Å². The molecule has 3 fully saturated rings. The van der Waals surface area contributed by atoms with Crippen molar-refractivity contribution in [1.29, 1.82) is 0 Å². The second-order valence-electron chi connectivity index (χ2n) is 9.14. The molecule has 2 aromatic rings. The zero-order valence-electron chi connectivity index (χ0n) is 17.5. The van der Waals surface area contributed by atoms with Gasteiger partial charge in [0.2, 0.25) is 0 Å². The van der Waals surface area contributed by atoms with Crippen molar-refractivity contribution >= 4 is 0 Å². The van der Waals surface area contributed by atoms with E-state index < -0.39 is 0 Å². The highest BCUT2D eigenvalue weighted by molar-refractivity contribution is 5.14. The van der Waals surface area contributed by atoms with E-state index in [-0.39, 0.29) is 48.0 Å². The molecule has 3 aliphatic rings. The standard InChI is InChI=1S/C24H32N2O2.2HI/c1-3-7-21(8-4-1)15-25(17-23-19-27-23)11-13-26(14-12-25,18-24-20-28-24)16-22-9-5-2-6-10-22;;/h1-10,23-24H,11-20H2;2*1H/q+2;;/p-2. The Morgan fingerprint density at radius 3 is 1.23 bits per heavy atom. The molecule has 0 radical (unpaired) electrons. The minimum atomic E-state index is 0. The second-order valence-corrected chi connectivity index (χ2v) is 9.14. The Morgan fingerprint density at radius 2 is 0.933 bits per heavy atom. The van der Waals surface area contributed by atoms with Gasteiger partial charge in [-0.05, 0) is 0 Å². The van der Waals surface area contributed by atoms with Gasteiger partial charge in [0.05, 0.1) is 13.2 Å². The Bertz CT molecular complexity index is 707. The van der Waals surface area contributed by atoms with E-state index in [0.29, 0.717) is 12.2 Å². The Labute approximate surface area is 214 Å². The first-order valence-corrected chi connectivity index (χ1v) is 10.7. The molecule has 2 unspecified atom stereocenters. The van der Waals surface area contributed by atoms with Crippen LogP contribution in [-0.2, 0) is 22.6 Å². The monoisotopic (exact) mass is 634 g/mol. The summed E-state index contributed by atoms with van der Waals surface area (Å²) in [5.41, 5.74) is 2.91. The van der Waals surface area contributed by atoms with Crippen LogP contribution in [0.4, 0.5) is 0 Å². The van der Waals surface area contributed by atoms with E-state index in [0.717, 1.165) is 26.3 Å². The van der Waals surface area contributed by atoms with Crippen LogP contribution >= 0.6 is 0 Å². The molecule has 0 spiro atoms. The number of benzene rings is 2. The summed E-state index contributed by atoms with van der Waals surface area (Å²) >= 11 is 0. The fourth-order valence-corrected chi connectivity index (χ4v) is 5.03. The number of ether oxygens (including phenoxy) is 2. The van der Waals surface area contributed by atoms with Crippen LogP contribution in [0.2, 0.25) is 0 Å². The van der Waals surface area contributed by atoms with Gasteiger partial charge in [0.1, 0.15) is 64.6 Å². The number of epoxide rings is 2. The van der Waals surface area contributed by atoms with E-state index in [1.54, 1.807) is 0 Å². The van der Waals surface area contributed by atoms with Crippen molar-refractivity contribution in [2.24, 2.45) is 0 Å². The van der Waals surface area contributed by atoms with Gasteiger partial charge < -0.3 is 66.4 Å². The maximum Gasteiger partial charge on any atom is 0.130 e. The fraction of sp³-hybridized carbons (Fsp3) is 0.500. The van der Waals surface area contributed by atoms with E-state index >= 15 is 0 Å². The molecule has 0 aliphatic carbocycles. The van der Waals surface area contributed by atoms with Crippen LogP contribution in [0.5, 0.6) is 0 Å². The van der Waals surface area contributed by atoms with Gasteiger partial charge in [0.15, 0.2) is 0 Å². The third kappa shape index (κ3) is 6.38. The topological polar surface area (TPSA) is 25.1 Å². The SMILES string of the molecule is [I-].[I-].c1ccc(C[N+]2(CC3CO3)CC[N+](Cc3ccccc3)(CC3CO3)CC2)cc1. The molecular formula is C24H32I2N2O2. The number of nitrogens with zero attached hydrogens (tertiary/aromatic N) is 2. The van der Waals surface area contributed by atoms with Crippen molar-refractivity contribution < 1.29 is 66.4 Å². The smallest absolute Gasteiger partial charge is 0.130 e. The molecule has 164 valence electrons. The normalized spacial score (nSPS) is 31.9. The van der Waals surface area contributed by atoms with Gasteiger partial charge >= 0.3 is 0 Å². The van der Waals surface area contributed by atoms with Crippen LogP contribution < -0.4 is 48.0 Å². The summed E-state index contributed by atoms with van der Waals surface area (Å²) in [6.45, 7) is 11.4. The number of piperazine rings is 1. The maximum atomic E-state index is 5.66. The molecule has 30 heavy (non-hydrogen) atoms. The van der Waals surface area contributed by atoms with Gasteiger partial charge in [-0.1, -0.05) is 60.7 Å². The summed E-state index contributed by atoms with van der Waals surface area (Å²) in [7, 11) is 0. The Hall–Kier alpha value is -0.260. The van der Waals surface area contributed by atoms with Crippen LogP contribution in [0.1, 0.15) is 11.1 Å². The minimum Gasteiger partial charge on any atom is -1.00 e. The maximum absolute atomic E-state index is 5.66. The quantitative estimate of drug-likeness (QED) is 0.174. The van der Waals surface area contributed by atoms with E-state index in [4.69, 9.17) is 9.47 Å². The summed E-state index contributed by atoms with van der Waals surface area (Å²) < 4.78 is 13.7. The highest BCUT2D eigenvalue weighted by atomic mass is 127. The molecule has 2 aromatic carbocycles. The Kier molecular flexibility index (Phi) is 8.59. The first-order valence-electron chi connectivity index (χ1n) is 10.7. The third-order valence-corrected chi connectivity index (χ3v) is 6.81. The molecule has 6 heteroatoms. The zero-order valence-corrected chi connectivity index (χ0v) is 21.8. The van der Waals surface area contributed by atoms with Crippen molar-refractivity contribution in [3.63, 3.8) is 0 Å². The lowest BCUT2D eigenvalue weighted by molar-refractivity contribution is -1.04. The predicted molar refractivity (Wildman–Crippen MR) is 109 cm³/mol. The molecule has 0 amide bonds. The first-order chi connectivity index (χ1) is 13.7. The molecule has 0 aromatic heterocycles. The van der Waals surface area contributed by atoms with Crippen molar-refractivity contribution in [2.45, 2.75) is 25.3 Å².